The normalized spacial score (nSPS) is 18.5. The zero-order chi connectivity index (χ0) is 16.8. The number of ether oxygens (including phenoxy) is 1. The van der Waals surface area contributed by atoms with Gasteiger partial charge in [0.25, 0.3) is 0 Å². The molecule has 0 radical (unpaired) electrons. The third-order valence-electron chi connectivity index (χ3n) is 4.02. The second-order valence-electron chi connectivity index (χ2n) is 6.01. The molecule has 1 aromatic carbocycles. The maximum absolute atomic E-state index is 10.9. The van der Waals surface area contributed by atoms with Crippen LogP contribution in [0, 0.1) is 0 Å². The summed E-state index contributed by atoms with van der Waals surface area (Å²) in [6, 6.07) is 9.90. The number of carbonyl (C=O) groups excluding carboxylic acids is 1. The van der Waals surface area contributed by atoms with Crippen molar-refractivity contribution in [3.63, 3.8) is 0 Å². The highest BCUT2D eigenvalue weighted by molar-refractivity contribution is 5.72. The first kappa shape index (κ1) is 16.7. The molecule has 1 amide bonds. The Labute approximate surface area is 141 Å². The van der Waals surface area contributed by atoms with Gasteiger partial charge < -0.3 is 14.5 Å². The summed E-state index contributed by atoms with van der Waals surface area (Å²) in [6.07, 6.45) is 2.69. The quantitative estimate of drug-likeness (QED) is 0.879. The molecule has 24 heavy (non-hydrogen) atoms. The Morgan fingerprint density at radius 3 is 3.00 bits per heavy atom. The average molecular weight is 329 g/mol. The molecule has 6 heteroatoms. The first-order valence-electron chi connectivity index (χ1n) is 8.29. The van der Waals surface area contributed by atoms with Gasteiger partial charge in [-0.3, -0.25) is 9.69 Å². The van der Waals surface area contributed by atoms with Gasteiger partial charge in [-0.25, -0.2) is 4.98 Å². The van der Waals surface area contributed by atoms with Crippen molar-refractivity contribution in [2.45, 2.75) is 26.0 Å². The lowest BCUT2D eigenvalue weighted by molar-refractivity contribution is -0.119. The number of amides is 1. The molecule has 1 unspecified atom stereocenters. The molecule has 1 aliphatic heterocycles. The van der Waals surface area contributed by atoms with Crippen LogP contribution in [0.15, 0.2) is 41.0 Å². The number of benzene rings is 1. The van der Waals surface area contributed by atoms with Gasteiger partial charge in [0.2, 0.25) is 11.8 Å². The summed E-state index contributed by atoms with van der Waals surface area (Å²) in [6.45, 7) is 5.35. The summed E-state index contributed by atoms with van der Waals surface area (Å²) in [5, 5.41) is 2.81. The van der Waals surface area contributed by atoms with Crippen molar-refractivity contribution in [3.05, 3.63) is 42.3 Å². The van der Waals surface area contributed by atoms with E-state index in [-0.39, 0.29) is 12.0 Å². The standard InChI is InChI=1S/C18H23N3O3/c1-14(22)19-8-7-17-12-21(9-10-23-17)11-16-13-24-18(20-16)15-5-3-2-4-6-15/h2-6,13,17H,7-12H2,1H3,(H,19,22). The predicted molar refractivity (Wildman–Crippen MR) is 90.3 cm³/mol. The van der Waals surface area contributed by atoms with Crippen molar-refractivity contribution in [3.8, 4) is 11.5 Å². The maximum atomic E-state index is 10.9. The highest BCUT2D eigenvalue weighted by Gasteiger charge is 2.21. The molecule has 1 aliphatic rings. The lowest BCUT2D eigenvalue weighted by atomic mass is 10.2. The second kappa shape index (κ2) is 8.08. The van der Waals surface area contributed by atoms with Crippen molar-refractivity contribution in [1.29, 1.82) is 0 Å². The van der Waals surface area contributed by atoms with Crippen molar-refractivity contribution in [2.75, 3.05) is 26.2 Å². The predicted octanol–water partition coefficient (Wildman–Crippen LogP) is 2.07. The van der Waals surface area contributed by atoms with Crippen LogP contribution in [0.1, 0.15) is 19.0 Å². The Balaban J connectivity index is 1.52. The topological polar surface area (TPSA) is 67.6 Å². The van der Waals surface area contributed by atoms with Gasteiger partial charge in [-0.15, -0.1) is 0 Å². The van der Waals surface area contributed by atoms with Crippen LogP contribution in [0.5, 0.6) is 0 Å². The molecule has 0 bridgehead atoms. The van der Waals surface area contributed by atoms with E-state index in [1.165, 1.54) is 6.92 Å². The van der Waals surface area contributed by atoms with E-state index in [4.69, 9.17) is 9.15 Å². The number of carbonyl (C=O) groups is 1. The fourth-order valence-electron chi connectivity index (χ4n) is 2.83. The van der Waals surface area contributed by atoms with Crippen LogP contribution < -0.4 is 5.32 Å². The highest BCUT2D eigenvalue weighted by Crippen LogP contribution is 2.19. The first-order valence-corrected chi connectivity index (χ1v) is 8.29. The van der Waals surface area contributed by atoms with Crippen LogP contribution in [0.25, 0.3) is 11.5 Å². The molecule has 0 saturated carbocycles. The van der Waals surface area contributed by atoms with Gasteiger partial charge in [-0.05, 0) is 18.6 Å². The summed E-state index contributed by atoms with van der Waals surface area (Å²) < 4.78 is 11.4. The molecular weight excluding hydrogens is 306 g/mol. The van der Waals surface area contributed by atoms with E-state index in [1.54, 1.807) is 6.26 Å². The van der Waals surface area contributed by atoms with E-state index in [2.05, 4.69) is 15.2 Å². The van der Waals surface area contributed by atoms with Crippen LogP contribution >= 0.6 is 0 Å². The van der Waals surface area contributed by atoms with E-state index in [0.717, 1.165) is 37.3 Å². The molecule has 6 nitrogen and oxygen atoms in total. The van der Waals surface area contributed by atoms with E-state index < -0.39 is 0 Å². The average Bonchev–Trinajstić information content (AvgIpc) is 3.04. The lowest BCUT2D eigenvalue weighted by Gasteiger charge is -2.32. The fourth-order valence-corrected chi connectivity index (χ4v) is 2.83. The molecule has 0 aliphatic carbocycles. The summed E-state index contributed by atoms with van der Waals surface area (Å²) in [7, 11) is 0. The van der Waals surface area contributed by atoms with Crippen molar-refractivity contribution < 1.29 is 13.9 Å². The van der Waals surface area contributed by atoms with E-state index in [9.17, 15) is 4.79 Å². The molecule has 2 heterocycles. The van der Waals surface area contributed by atoms with Crippen LogP contribution in [-0.2, 0) is 16.1 Å². The van der Waals surface area contributed by atoms with Crippen LogP contribution in [0.4, 0.5) is 0 Å². The van der Waals surface area contributed by atoms with Gasteiger partial charge in [0.15, 0.2) is 0 Å². The summed E-state index contributed by atoms with van der Waals surface area (Å²) in [5.74, 6) is 0.653. The zero-order valence-corrected chi connectivity index (χ0v) is 13.9. The molecular formula is C18H23N3O3. The summed E-state index contributed by atoms with van der Waals surface area (Å²) >= 11 is 0. The molecule has 2 aromatic rings. The summed E-state index contributed by atoms with van der Waals surface area (Å²) in [4.78, 5) is 17.8. The third kappa shape index (κ3) is 4.66. The van der Waals surface area contributed by atoms with Crippen LogP contribution in [0.3, 0.4) is 0 Å². The van der Waals surface area contributed by atoms with Crippen LogP contribution in [0.2, 0.25) is 0 Å². The minimum Gasteiger partial charge on any atom is -0.444 e. The second-order valence-corrected chi connectivity index (χ2v) is 6.01. The van der Waals surface area contributed by atoms with Gasteiger partial charge in [0.05, 0.1) is 18.4 Å². The maximum Gasteiger partial charge on any atom is 0.226 e. The number of hydrogen-bond acceptors (Lipinski definition) is 5. The Morgan fingerprint density at radius 1 is 1.38 bits per heavy atom. The number of nitrogens with one attached hydrogen (secondary N) is 1. The molecule has 1 aromatic heterocycles. The number of nitrogens with zero attached hydrogens (tertiary/aromatic N) is 2. The van der Waals surface area contributed by atoms with E-state index in [1.807, 2.05) is 30.3 Å². The smallest absolute Gasteiger partial charge is 0.226 e. The molecule has 0 spiro atoms. The largest absolute Gasteiger partial charge is 0.444 e. The SMILES string of the molecule is CC(=O)NCCC1CN(Cc2coc(-c3ccccc3)n2)CCO1. The number of morpholine rings is 1. The third-order valence-corrected chi connectivity index (χ3v) is 4.02. The van der Waals surface area contributed by atoms with E-state index >= 15 is 0 Å². The molecule has 1 N–H and O–H groups in total. The van der Waals surface area contributed by atoms with E-state index in [0.29, 0.717) is 19.0 Å². The molecule has 1 atom stereocenters. The molecule has 3 rings (SSSR count). The Hall–Kier alpha value is -2.18. The number of rotatable bonds is 6. The van der Waals surface area contributed by atoms with Gasteiger partial charge in [-0.2, -0.15) is 0 Å². The Morgan fingerprint density at radius 2 is 2.21 bits per heavy atom. The summed E-state index contributed by atoms with van der Waals surface area (Å²) in [5.41, 5.74) is 1.91. The Bertz CT molecular complexity index is 657. The lowest BCUT2D eigenvalue weighted by Crippen LogP contribution is -2.43. The molecule has 1 fully saturated rings. The van der Waals surface area contributed by atoms with Crippen molar-refractivity contribution in [2.24, 2.45) is 0 Å². The number of aromatic nitrogens is 1. The minimum absolute atomic E-state index is 0.00120. The monoisotopic (exact) mass is 329 g/mol. The van der Waals surface area contributed by atoms with Gasteiger partial charge in [-0.1, -0.05) is 18.2 Å². The van der Waals surface area contributed by atoms with Crippen molar-refractivity contribution in [1.82, 2.24) is 15.2 Å². The number of hydrogen-bond donors (Lipinski definition) is 1. The van der Waals surface area contributed by atoms with Gasteiger partial charge >= 0.3 is 0 Å². The molecule has 128 valence electrons. The van der Waals surface area contributed by atoms with Crippen LogP contribution in [-0.4, -0.2) is 48.1 Å². The Kier molecular flexibility index (Phi) is 5.61. The van der Waals surface area contributed by atoms with Gasteiger partial charge in [0, 0.05) is 38.7 Å². The fraction of sp³-hybridized carbons (Fsp3) is 0.444. The first-order chi connectivity index (χ1) is 11.7. The zero-order valence-electron chi connectivity index (χ0n) is 13.9. The minimum atomic E-state index is -0.00120. The van der Waals surface area contributed by atoms with Gasteiger partial charge in [0.1, 0.15) is 6.26 Å². The molecule has 1 saturated heterocycles. The van der Waals surface area contributed by atoms with Crippen molar-refractivity contribution >= 4 is 5.91 Å². The highest BCUT2D eigenvalue weighted by atomic mass is 16.5. The number of oxazole rings is 1.